The number of rotatable bonds is 3. The van der Waals surface area contributed by atoms with Gasteiger partial charge in [-0.2, -0.15) is 0 Å². The smallest absolute Gasteiger partial charge is 0.356 e. The van der Waals surface area contributed by atoms with E-state index in [1.165, 1.54) is 0 Å². The fourth-order valence-electron chi connectivity index (χ4n) is 2.68. The van der Waals surface area contributed by atoms with Gasteiger partial charge in [-0.05, 0) is 37.6 Å². The Hall–Kier alpha value is -2.08. The van der Waals surface area contributed by atoms with Gasteiger partial charge < -0.3 is 16.2 Å². The van der Waals surface area contributed by atoms with Gasteiger partial charge in [0.1, 0.15) is 11.6 Å². The van der Waals surface area contributed by atoms with Crippen molar-refractivity contribution in [3.05, 3.63) is 29.7 Å². The van der Waals surface area contributed by atoms with Crippen molar-refractivity contribution in [3.8, 4) is 0 Å². The third kappa shape index (κ3) is 2.04. The molecular weight excluding hydrogens is 244 g/mol. The molecule has 0 aliphatic carbocycles. The molecule has 4 N–H and O–H groups in total. The van der Waals surface area contributed by atoms with Crippen molar-refractivity contribution in [1.82, 2.24) is 14.7 Å². The Bertz CT molecular complexity index is 629. The quantitative estimate of drug-likeness (QED) is 0.758. The molecule has 1 aliphatic heterocycles. The molecule has 0 bridgehead atoms. The molecule has 6 heteroatoms. The summed E-state index contributed by atoms with van der Waals surface area (Å²) in [5, 5.41) is 12.5. The van der Waals surface area contributed by atoms with Gasteiger partial charge >= 0.3 is 5.97 Å². The monoisotopic (exact) mass is 260 g/mol. The highest BCUT2D eigenvalue weighted by molar-refractivity contribution is 5.94. The Morgan fingerprint density at radius 3 is 3.11 bits per heavy atom. The summed E-state index contributed by atoms with van der Waals surface area (Å²) < 4.78 is 1.75. The largest absolute Gasteiger partial charge is 0.476 e. The molecule has 2 aromatic rings. The Morgan fingerprint density at radius 2 is 2.42 bits per heavy atom. The van der Waals surface area contributed by atoms with Gasteiger partial charge in [0, 0.05) is 6.42 Å². The standard InChI is InChI=1S/C13H16N4O2/c14-10-3-1-2-9-12(13(18)19)16-11(17(9)10)6-8-4-5-15-7-8/h1-3,8,15H,4-7,14H2,(H,18,19). The van der Waals surface area contributed by atoms with Crippen LogP contribution in [0, 0.1) is 5.92 Å². The van der Waals surface area contributed by atoms with Crippen LogP contribution in [0.1, 0.15) is 22.7 Å². The van der Waals surface area contributed by atoms with E-state index in [0.717, 1.165) is 31.8 Å². The van der Waals surface area contributed by atoms with Crippen LogP contribution in [0.4, 0.5) is 5.82 Å². The van der Waals surface area contributed by atoms with Gasteiger partial charge in [0.15, 0.2) is 5.69 Å². The highest BCUT2D eigenvalue weighted by Crippen LogP contribution is 2.21. The molecule has 3 heterocycles. The number of aromatic nitrogens is 2. The number of fused-ring (bicyclic) bond motifs is 1. The van der Waals surface area contributed by atoms with E-state index < -0.39 is 5.97 Å². The number of carboxylic acid groups (broad SMARTS) is 1. The third-order valence-corrected chi connectivity index (χ3v) is 3.60. The second kappa shape index (κ2) is 4.55. The van der Waals surface area contributed by atoms with Gasteiger partial charge in [-0.3, -0.25) is 4.40 Å². The highest BCUT2D eigenvalue weighted by atomic mass is 16.4. The molecule has 0 amide bonds. The van der Waals surface area contributed by atoms with Crippen molar-refractivity contribution in [3.63, 3.8) is 0 Å². The van der Waals surface area contributed by atoms with Crippen molar-refractivity contribution in [2.75, 3.05) is 18.8 Å². The number of nitrogens with one attached hydrogen (secondary N) is 1. The first-order valence-electron chi connectivity index (χ1n) is 6.36. The number of anilines is 1. The Balaban J connectivity index is 2.09. The van der Waals surface area contributed by atoms with Crippen molar-refractivity contribution in [2.45, 2.75) is 12.8 Å². The predicted molar refractivity (Wildman–Crippen MR) is 71.2 cm³/mol. The van der Waals surface area contributed by atoms with Gasteiger partial charge in [0.05, 0.1) is 5.52 Å². The number of hydrogen-bond donors (Lipinski definition) is 3. The number of aromatic carboxylic acids is 1. The van der Waals surface area contributed by atoms with Gasteiger partial charge in [0.2, 0.25) is 0 Å². The molecule has 0 radical (unpaired) electrons. The summed E-state index contributed by atoms with van der Waals surface area (Å²) in [6, 6.07) is 5.25. The minimum absolute atomic E-state index is 0.0771. The molecule has 100 valence electrons. The lowest BCUT2D eigenvalue weighted by Crippen LogP contribution is -2.13. The first-order chi connectivity index (χ1) is 9.16. The van der Waals surface area contributed by atoms with Crippen molar-refractivity contribution in [2.24, 2.45) is 5.92 Å². The Morgan fingerprint density at radius 1 is 1.58 bits per heavy atom. The molecule has 0 aromatic carbocycles. The topological polar surface area (TPSA) is 92.7 Å². The Kier molecular flexibility index (Phi) is 2.87. The van der Waals surface area contributed by atoms with Gasteiger partial charge in [-0.25, -0.2) is 9.78 Å². The summed E-state index contributed by atoms with van der Waals surface area (Å²) in [4.78, 5) is 15.5. The first kappa shape index (κ1) is 12.0. The third-order valence-electron chi connectivity index (χ3n) is 3.60. The maximum Gasteiger partial charge on any atom is 0.356 e. The van der Waals surface area contributed by atoms with Crippen molar-refractivity contribution in [1.29, 1.82) is 0 Å². The fourth-order valence-corrected chi connectivity index (χ4v) is 2.68. The molecule has 1 saturated heterocycles. The van der Waals surface area contributed by atoms with Gasteiger partial charge in [-0.1, -0.05) is 6.07 Å². The number of nitrogens with zero attached hydrogens (tertiary/aromatic N) is 2. The number of hydrogen-bond acceptors (Lipinski definition) is 4. The molecule has 19 heavy (non-hydrogen) atoms. The molecule has 3 rings (SSSR count). The van der Waals surface area contributed by atoms with E-state index in [4.69, 9.17) is 5.73 Å². The lowest BCUT2D eigenvalue weighted by Gasteiger charge is -2.08. The van der Waals surface area contributed by atoms with E-state index in [1.807, 2.05) is 0 Å². The lowest BCUT2D eigenvalue weighted by atomic mass is 10.0. The molecule has 6 nitrogen and oxygen atoms in total. The summed E-state index contributed by atoms with van der Waals surface area (Å²) in [5.41, 5.74) is 6.60. The summed E-state index contributed by atoms with van der Waals surface area (Å²) in [7, 11) is 0. The first-order valence-corrected chi connectivity index (χ1v) is 6.36. The fraction of sp³-hybridized carbons (Fsp3) is 0.385. The molecule has 0 spiro atoms. The number of carbonyl (C=O) groups is 1. The zero-order valence-electron chi connectivity index (χ0n) is 10.5. The van der Waals surface area contributed by atoms with Gasteiger partial charge in [0.25, 0.3) is 0 Å². The van der Waals surface area contributed by atoms with E-state index in [2.05, 4.69) is 10.3 Å². The molecule has 1 unspecified atom stereocenters. The molecular formula is C13H16N4O2. The molecule has 1 aliphatic rings. The van der Waals surface area contributed by atoms with E-state index in [0.29, 0.717) is 17.3 Å². The zero-order chi connectivity index (χ0) is 13.4. The van der Waals surface area contributed by atoms with Crippen LogP contribution in [0.2, 0.25) is 0 Å². The second-order valence-corrected chi connectivity index (χ2v) is 4.92. The summed E-state index contributed by atoms with van der Waals surface area (Å²) in [6.45, 7) is 1.96. The van der Waals surface area contributed by atoms with E-state index in [1.54, 1.807) is 22.6 Å². The minimum atomic E-state index is -1.01. The second-order valence-electron chi connectivity index (χ2n) is 4.92. The van der Waals surface area contributed by atoms with Crippen LogP contribution in [0.15, 0.2) is 18.2 Å². The molecule has 1 fully saturated rings. The average molecular weight is 260 g/mol. The van der Waals surface area contributed by atoms with Crippen LogP contribution in [0.25, 0.3) is 5.52 Å². The van der Waals surface area contributed by atoms with Crippen LogP contribution < -0.4 is 11.1 Å². The SMILES string of the molecule is Nc1cccc2c(C(=O)O)nc(CC3CCNC3)n12. The summed E-state index contributed by atoms with van der Waals surface area (Å²) in [5.74, 6) is 0.739. The average Bonchev–Trinajstić information content (AvgIpc) is 2.98. The number of nitrogen functional groups attached to an aromatic ring is 1. The van der Waals surface area contributed by atoms with Gasteiger partial charge in [-0.15, -0.1) is 0 Å². The molecule has 1 atom stereocenters. The van der Waals surface area contributed by atoms with E-state index >= 15 is 0 Å². The number of pyridine rings is 1. The van der Waals surface area contributed by atoms with E-state index in [9.17, 15) is 9.90 Å². The summed E-state index contributed by atoms with van der Waals surface area (Å²) >= 11 is 0. The molecule has 0 saturated carbocycles. The van der Waals surface area contributed by atoms with Crippen LogP contribution >= 0.6 is 0 Å². The zero-order valence-corrected chi connectivity index (χ0v) is 10.5. The van der Waals surface area contributed by atoms with Crippen LogP contribution in [0.3, 0.4) is 0 Å². The van der Waals surface area contributed by atoms with Crippen LogP contribution in [-0.2, 0) is 6.42 Å². The highest BCUT2D eigenvalue weighted by Gasteiger charge is 2.22. The minimum Gasteiger partial charge on any atom is -0.476 e. The lowest BCUT2D eigenvalue weighted by molar-refractivity contribution is 0.0693. The number of carboxylic acids is 1. The Labute approximate surface area is 110 Å². The number of nitrogens with two attached hydrogens (primary N) is 1. The van der Waals surface area contributed by atoms with E-state index in [-0.39, 0.29) is 5.69 Å². The van der Waals surface area contributed by atoms with Crippen molar-refractivity contribution >= 4 is 17.3 Å². The summed E-state index contributed by atoms with van der Waals surface area (Å²) in [6.07, 6.45) is 1.83. The number of imidazole rings is 1. The van der Waals surface area contributed by atoms with Crippen LogP contribution in [-0.4, -0.2) is 33.6 Å². The van der Waals surface area contributed by atoms with Crippen molar-refractivity contribution < 1.29 is 9.90 Å². The van der Waals surface area contributed by atoms with Crippen LogP contribution in [0.5, 0.6) is 0 Å². The normalized spacial score (nSPS) is 19.1. The maximum absolute atomic E-state index is 11.2. The predicted octanol–water partition coefficient (Wildman–Crippen LogP) is 0.767. The maximum atomic E-state index is 11.2. The molecule has 2 aromatic heterocycles.